The second-order valence-electron chi connectivity index (χ2n) is 6.94. The molecule has 2 N–H and O–H groups in total. The van der Waals surface area contributed by atoms with Crippen LogP contribution in [0.2, 0.25) is 5.02 Å². The number of halogens is 1. The lowest BCUT2D eigenvalue weighted by Gasteiger charge is -2.35. The van der Waals surface area contributed by atoms with Gasteiger partial charge in [-0.05, 0) is 35.4 Å². The largest absolute Gasteiger partial charge is 0.326 e. The summed E-state index contributed by atoms with van der Waals surface area (Å²) in [5.41, 5.74) is 3.25. The number of hydrogen-bond acceptors (Lipinski definition) is 2. The topological polar surface area (TPSA) is 61.4 Å². The predicted molar refractivity (Wildman–Crippen MR) is 119 cm³/mol. The molecule has 5 nitrogen and oxygen atoms in total. The van der Waals surface area contributed by atoms with E-state index >= 15 is 0 Å². The van der Waals surface area contributed by atoms with Crippen LogP contribution < -0.4 is 10.6 Å². The van der Waals surface area contributed by atoms with E-state index < -0.39 is 6.04 Å². The Kier molecular flexibility index (Phi) is 5.55. The molecular formula is C24H20ClN3O2. The van der Waals surface area contributed by atoms with Crippen LogP contribution in [0.25, 0.3) is 5.70 Å². The van der Waals surface area contributed by atoms with Gasteiger partial charge in [0.1, 0.15) is 0 Å². The van der Waals surface area contributed by atoms with Gasteiger partial charge in [-0.15, -0.1) is 0 Å². The van der Waals surface area contributed by atoms with Gasteiger partial charge in [-0.3, -0.25) is 9.69 Å². The van der Waals surface area contributed by atoms with Crippen LogP contribution >= 0.6 is 11.6 Å². The Labute approximate surface area is 180 Å². The number of amides is 3. The molecule has 0 bridgehead atoms. The number of benzene rings is 3. The lowest BCUT2D eigenvalue weighted by Crippen LogP contribution is -2.46. The molecule has 3 amide bonds. The molecule has 1 unspecified atom stereocenters. The average Bonchev–Trinajstić information content (AvgIpc) is 2.77. The number of anilines is 1. The number of urea groups is 1. The van der Waals surface area contributed by atoms with Crippen molar-refractivity contribution in [3.63, 3.8) is 0 Å². The highest BCUT2D eigenvalue weighted by atomic mass is 35.5. The molecule has 6 heteroatoms. The molecule has 3 aromatic carbocycles. The van der Waals surface area contributed by atoms with Gasteiger partial charge in [-0.25, -0.2) is 4.79 Å². The lowest BCUT2D eigenvalue weighted by atomic mass is 9.91. The summed E-state index contributed by atoms with van der Waals surface area (Å²) in [6, 6.07) is 24.9. The quantitative estimate of drug-likeness (QED) is 0.621. The van der Waals surface area contributed by atoms with Gasteiger partial charge in [-0.1, -0.05) is 72.3 Å². The fourth-order valence-electron chi connectivity index (χ4n) is 3.52. The van der Waals surface area contributed by atoms with E-state index in [1.54, 1.807) is 19.2 Å². The van der Waals surface area contributed by atoms with Crippen LogP contribution in [0.3, 0.4) is 0 Å². The third kappa shape index (κ3) is 3.93. The van der Waals surface area contributed by atoms with Crippen molar-refractivity contribution < 1.29 is 9.59 Å². The number of carbonyl (C=O) groups excluding carboxylic acids is 2. The highest BCUT2D eigenvalue weighted by molar-refractivity contribution is 6.30. The van der Waals surface area contributed by atoms with Gasteiger partial charge in [-0.2, -0.15) is 0 Å². The second-order valence-corrected chi connectivity index (χ2v) is 7.38. The monoisotopic (exact) mass is 417 g/mol. The Morgan fingerprint density at radius 1 is 0.933 bits per heavy atom. The highest BCUT2D eigenvalue weighted by Gasteiger charge is 2.36. The van der Waals surface area contributed by atoms with Crippen LogP contribution in [0, 0.1) is 0 Å². The Bertz CT molecular complexity index is 1100. The van der Waals surface area contributed by atoms with Gasteiger partial charge >= 0.3 is 6.03 Å². The molecule has 4 rings (SSSR count). The van der Waals surface area contributed by atoms with E-state index in [1.807, 2.05) is 72.8 Å². The molecule has 1 aliphatic heterocycles. The van der Waals surface area contributed by atoms with Gasteiger partial charge < -0.3 is 10.6 Å². The zero-order valence-electron chi connectivity index (χ0n) is 16.3. The molecule has 0 radical (unpaired) electrons. The molecule has 1 aliphatic rings. The summed E-state index contributed by atoms with van der Waals surface area (Å²) in [6.45, 7) is 0. The molecule has 0 saturated carbocycles. The van der Waals surface area contributed by atoms with Crippen molar-refractivity contribution in [2.24, 2.45) is 0 Å². The average molecular weight is 418 g/mol. The fraction of sp³-hybridized carbons (Fsp3) is 0.0833. The molecule has 0 fully saturated rings. The molecule has 3 aromatic rings. The van der Waals surface area contributed by atoms with Crippen LogP contribution in [-0.2, 0) is 4.79 Å². The van der Waals surface area contributed by atoms with Gasteiger partial charge in [0.05, 0.1) is 17.3 Å². The molecule has 1 atom stereocenters. The number of para-hydroxylation sites is 1. The van der Waals surface area contributed by atoms with Crippen molar-refractivity contribution in [2.45, 2.75) is 6.04 Å². The number of carbonyl (C=O) groups is 2. The summed E-state index contributed by atoms with van der Waals surface area (Å²) in [6.07, 6.45) is 0. The summed E-state index contributed by atoms with van der Waals surface area (Å²) in [5, 5.41) is 6.48. The van der Waals surface area contributed by atoms with Crippen LogP contribution in [0.15, 0.2) is 90.5 Å². The first-order chi connectivity index (χ1) is 14.5. The van der Waals surface area contributed by atoms with E-state index in [-0.39, 0.29) is 11.9 Å². The van der Waals surface area contributed by atoms with E-state index in [2.05, 4.69) is 10.6 Å². The minimum Gasteiger partial charge on any atom is -0.326 e. The maximum Gasteiger partial charge on any atom is 0.322 e. The van der Waals surface area contributed by atoms with E-state index in [9.17, 15) is 9.59 Å². The summed E-state index contributed by atoms with van der Waals surface area (Å²) < 4.78 is 0. The number of nitrogens with one attached hydrogen (secondary N) is 2. The first kappa shape index (κ1) is 19.7. The van der Waals surface area contributed by atoms with Gasteiger partial charge in [0, 0.05) is 17.8 Å². The normalized spacial score (nSPS) is 16.3. The molecule has 0 spiro atoms. The van der Waals surface area contributed by atoms with Crippen LogP contribution in [-0.4, -0.2) is 23.9 Å². The number of nitrogens with zero attached hydrogens (tertiary/aromatic N) is 1. The van der Waals surface area contributed by atoms with Crippen LogP contribution in [0.1, 0.15) is 17.2 Å². The van der Waals surface area contributed by atoms with Crippen molar-refractivity contribution in [3.8, 4) is 0 Å². The summed E-state index contributed by atoms with van der Waals surface area (Å²) in [4.78, 5) is 27.7. The van der Waals surface area contributed by atoms with Crippen molar-refractivity contribution in [2.75, 3.05) is 12.4 Å². The van der Waals surface area contributed by atoms with Crippen LogP contribution in [0.4, 0.5) is 10.5 Å². The number of rotatable bonds is 4. The fourth-order valence-corrected chi connectivity index (χ4v) is 3.65. The van der Waals surface area contributed by atoms with E-state index in [1.165, 1.54) is 4.90 Å². The predicted octanol–water partition coefficient (Wildman–Crippen LogP) is 5.09. The third-order valence-electron chi connectivity index (χ3n) is 4.98. The minimum atomic E-state index is -0.620. The van der Waals surface area contributed by atoms with Crippen molar-refractivity contribution >= 4 is 34.9 Å². The summed E-state index contributed by atoms with van der Waals surface area (Å²) >= 11 is 6.05. The molecule has 1 heterocycles. The van der Waals surface area contributed by atoms with E-state index in [0.717, 1.165) is 11.1 Å². The maximum atomic E-state index is 13.5. The summed E-state index contributed by atoms with van der Waals surface area (Å²) in [5.74, 6) is -0.285. The van der Waals surface area contributed by atoms with Crippen molar-refractivity contribution in [3.05, 3.63) is 107 Å². The lowest BCUT2D eigenvalue weighted by molar-refractivity contribution is -0.113. The Morgan fingerprint density at radius 2 is 1.53 bits per heavy atom. The molecule has 0 aromatic heterocycles. The highest BCUT2D eigenvalue weighted by Crippen LogP contribution is 2.36. The molecule has 0 saturated heterocycles. The SMILES string of the molecule is CN1C(=O)NC(c2ccc(Cl)cc2)C(C(=O)Nc2ccccc2)=C1c1ccccc1. The molecule has 30 heavy (non-hydrogen) atoms. The smallest absolute Gasteiger partial charge is 0.322 e. The standard InChI is InChI=1S/C24H20ClN3O2/c1-28-22(17-8-4-2-5-9-17)20(23(29)26-19-10-6-3-7-11-19)21(27-24(28)30)16-12-14-18(25)15-13-16/h2-15,21H,1H3,(H,26,29)(H,27,30). The molecule has 150 valence electrons. The van der Waals surface area contributed by atoms with Gasteiger partial charge in [0.25, 0.3) is 5.91 Å². The number of hydrogen-bond donors (Lipinski definition) is 2. The Morgan fingerprint density at radius 3 is 2.17 bits per heavy atom. The first-order valence-electron chi connectivity index (χ1n) is 9.50. The molecular weight excluding hydrogens is 398 g/mol. The van der Waals surface area contributed by atoms with Crippen LogP contribution in [0.5, 0.6) is 0 Å². The third-order valence-corrected chi connectivity index (χ3v) is 5.23. The van der Waals surface area contributed by atoms with Crippen molar-refractivity contribution in [1.29, 1.82) is 0 Å². The van der Waals surface area contributed by atoms with Crippen molar-refractivity contribution in [1.82, 2.24) is 10.2 Å². The zero-order chi connectivity index (χ0) is 21.1. The summed E-state index contributed by atoms with van der Waals surface area (Å²) in [7, 11) is 1.66. The zero-order valence-corrected chi connectivity index (χ0v) is 17.1. The van der Waals surface area contributed by atoms with E-state index in [4.69, 9.17) is 11.6 Å². The first-order valence-corrected chi connectivity index (χ1v) is 9.88. The Hall–Kier alpha value is -3.57. The molecule has 0 aliphatic carbocycles. The minimum absolute atomic E-state index is 0.285. The second kappa shape index (κ2) is 8.43. The van der Waals surface area contributed by atoms with Gasteiger partial charge in [0.15, 0.2) is 0 Å². The van der Waals surface area contributed by atoms with E-state index in [0.29, 0.717) is 22.0 Å². The van der Waals surface area contributed by atoms with Gasteiger partial charge in [0.2, 0.25) is 0 Å². The Balaban J connectivity index is 1.88. The maximum absolute atomic E-state index is 13.5.